The van der Waals surface area contributed by atoms with E-state index in [1.165, 1.54) is 0 Å². The minimum atomic E-state index is -0.954. The number of carboxylic acids is 1. The van der Waals surface area contributed by atoms with Crippen molar-refractivity contribution in [2.75, 3.05) is 0 Å². The first-order valence-electron chi connectivity index (χ1n) is 5.65. The van der Waals surface area contributed by atoms with Gasteiger partial charge in [0.2, 0.25) is 0 Å². The predicted octanol–water partition coefficient (Wildman–Crippen LogP) is 2.14. The molecule has 6 heteroatoms. The second-order valence-electron chi connectivity index (χ2n) is 4.74. The first kappa shape index (κ1) is 14.6. The van der Waals surface area contributed by atoms with Gasteiger partial charge in [-0.15, -0.1) is 0 Å². The fourth-order valence-electron chi connectivity index (χ4n) is 1.72. The monoisotopic (exact) mass is 272 g/mol. The molecule has 0 fully saturated rings. The highest BCUT2D eigenvalue weighted by atomic mass is 35.5. The van der Waals surface area contributed by atoms with E-state index in [1.807, 2.05) is 6.92 Å². The summed E-state index contributed by atoms with van der Waals surface area (Å²) in [4.78, 5) is 22.7. The van der Waals surface area contributed by atoms with Gasteiger partial charge in [-0.3, -0.25) is 9.59 Å². The van der Waals surface area contributed by atoms with E-state index in [-0.39, 0.29) is 12.3 Å². The van der Waals surface area contributed by atoms with Gasteiger partial charge in [0.1, 0.15) is 5.69 Å². The van der Waals surface area contributed by atoms with Gasteiger partial charge in [0.15, 0.2) is 0 Å². The highest BCUT2D eigenvalue weighted by Gasteiger charge is 2.25. The largest absolute Gasteiger partial charge is 0.481 e. The summed E-state index contributed by atoms with van der Waals surface area (Å²) in [6.07, 6.45) is 1.53. The SMILES string of the molecule is CCn1cc(Cl)cc1C(=O)NC(C)(C)CC(=O)O. The number of nitrogens with one attached hydrogen (secondary N) is 1. The Morgan fingerprint density at radius 1 is 1.50 bits per heavy atom. The predicted molar refractivity (Wildman–Crippen MR) is 68.9 cm³/mol. The van der Waals surface area contributed by atoms with Crippen molar-refractivity contribution in [1.82, 2.24) is 9.88 Å². The standard InChI is InChI=1S/C12H17ClN2O3/c1-4-15-7-8(13)5-9(15)11(18)14-12(2,3)6-10(16)17/h5,7H,4,6H2,1-3H3,(H,14,18)(H,16,17). The Morgan fingerprint density at radius 3 is 2.61 bits per heavy atom. The molecule has 100 valence electrons. The number of aryl methyl sites for hydroxylation is 1. The minimum absolute atomic E-state index is 0.140. The lowest BCUT2D eigenvalue weighted by atomic mass is 10.0. The number of amides is 1. The molecule has 1 aromatic heterocycles. The molecule has 0 atom stereocenters. The van der Waals surface area contributed by atoms with E-state index in [4.69, 9.17) is 16.7 Å². The summed E-state index contributed by atoms with van der Waals surface area (Å²) in [5.74, 6) is -1.28. The van der Waals surface area contributed by atoms with Gasteiger partial charge in [0.25, 0.3) is 5.91 Å². The number of hydrogen-bond donors (Lipinski definition) is 2. The molecule has 0 aromatic carbocycles. The van der Waals surface area contributed by atoms with E-state index in [9.17, 15) is 9.59 Å². The maximum atomic E-state index is 12.1. The van der Waals surface area contributed by atoms with E-state index in [0.29, 0.717) is 17.3 Å². The molecular formula is C12H17ClN2O3. The molecule has 0 saturated carbocycles. The molecule has 0 radical (unpaired) electrons. The molecule has 0 bridgehead atoms. The van der Waals surface area contributed by atoms with Gasteiger partial charge in [-0.25, -0.2) is 0 Å². The highest BCUT2D eigenvalue weighted by Crippen LogP contribution is 2.16. The molecule has 18 heavy (non-hydrogen) atoms. The number of halogens is 1. The van der Waals surface area contributed by atoms with Gasteiger partial charge >= 0.3 is 5.97 Å². The molecule has 2 N–H and O–H groups in total. The zero-order chi connectivity index (χ0) is 13.9. The smallest absolute Gasteiger partial charge is 0.305 e. The highest BCUT2D eigenvalue weighted by molar-refractivity contribution is 6.31. The van der Waals surface area contributed by atoms with Crippen molar-refractivity contribution in [2.45, 2.75) is 39.3 Å². The second-order valence-corrected chi connectivity index (χ2v) is 5.17. The van der Waals surface area contributed by atoms with Crippen LogP contribution in [0.1, 0.15) is 37.7 Å². The number of carbonyl (C=O) groups excluding carboxylic acids is 1. The molecule has 0 saturated heterocycles. The van der Waals surface area contributed by atoms with Crippen LogP contribution in [0.3, 0.4) is 0 Å². The minimum Gasteiger partial charge on any atom is -0.481 e. The Kier molecular flexibility index (Phi) is 4.40. The maximum absolute atomic E-state index is 12.1. The van der Waals surface area contributed by atoms with Crippen molar-refractivity contribution < 1.29 is 14.7 Å². The van der Waals surface area contributed by atoms with Gasteiger partial charge in [0.05, 0.1) is 11.4 Å². The van der Waals surface area contributed by atoms with Crippen LogP contribution in [0.4, 0.5) is 0 Å². The van der Waals surface area contributed by atoms with E-state index >= 15 is 0 Å². The first-order chi connectivity index (χ1) is 8.25. The second kappa shape index (κ2) is 5.44. The molecule has 5 nitrogen and oxygen atoms in total. The zero-order valence-electron chi connectivity index (χ0n) is 10.7. The third kappa shape index (κ3) is 3.77. The third-order valence-corrected chi connectivity index (χ3v) is 2.69. The van der Waals surface area contributed by atoms with Gasteiger partial charge in [0, 0.05) is 18.3 Å². The van der Waals surface area contributed by atoms with Crippen LogP contribution in [0, 0.1) is 0 Å². The molecule has 1 aromatic rings. The number of aliphatic carboxylic acids is 1. The normalized spacial score (nSPS) is 11.3. The van der Waals surface area contributed by atoms with Crippen LogP contribution in [0.25, 0.3) is 0 Å². The molecule has 0 aliphatic carbocycles. The Bertz CT molecular complexity index is 466. The summed E-state index contributed by atoms with van der Waals surface area (Å²) < 4.78 is 1.72. The Labute approximate surface area is 111 Å². The van der Waals surface area contributed by atoms with Gasteiger partial charge < -0.3 is 15.0 Å². The lowest BCUT2D eigenvalue weighted by molar-refractivity contribution is -0.138. The summed E-state index contributed by atoms with van der Waals surface area (Å²) in [6.45, 7) is 5.85. The van der Waals surface area contributed by atoms with Crippen molar-refractivity contribution in [2.24, 2.45) is 0 Å². The molecule has 1 heterocycles. The molecule has 0 spiro atoms. The fraction of sp³-hybridized carbons (Fsp3) is 0.500. The maximum Gasteiger partial charge on any atom is 0.305 e. The van der Waals surface area contributed by atoms with Crippen LogP contribution >= 0.6 is 11.6 Å². The molecule has 0 aliphatic heterocycles. The van der Waals surface area contributed by atoms with Crippen molar-refractivity contribution in [3.63, 3.8) is 0 Å². The molecule has 0 aliphatic rings. The van der Waals surface area contributed by atoms with Crippen LogP contribution < -0.4 is 5.32 Å². The zero-order valence-corrected chi connectivity index (χ0v) is 11.4. The Hall–Kier alpha value is -1.49. The third-order valence-electron chi connectivity index (χ3n) is 2.48. The average Bonchev–Trinajstić information content (AvgIpc) is 2.56. The topological polar surface area (TPSA) is 71.3 Å². The van der Waals surface area contributed by atoms with Crippen LogP contribution in [0.5, 0.6) is 0 Å². The van der Waals surface area contributed by atoms with E-state index in [1.54, 1.807) is 30.7 Å². The van der Waals surface area contributed by atoms with Gasteiger partial charge in [-0.1, -0.05) is 11.6 Å². The number of rotatable bonds is 5. The summed E-state index contributed by atoms with van der Waals surface area (Å²) in [7, 11) is 0. The Balaban J connectivity index is 2.84. The number of hydrogen-bond acceptors (Lipinski definition) is 2. The molecule has 1 amide bonds. The van der Waals surface area contributed by atoms with E-state index < -0.39 is 11.5 Å². The van der Waals surface area contributed by atoms with Gasteiger partial charge in [-0.2, -0.15) is 0 Å². The lowest BCUT2D eigenvalue weighted by Gasteiger charge is -2.24. The van der Waals surface area contributed by atoms with Crippen molar-refractivity contribution in [1.29, 1.82) is 0 Å². The molecular weight excluding hydrogens is 256 g/mol. The number of carboxylic acid groups (broad SMARTS) is 1. The lowest BCUT2D eigenvalue weighted by Crippen LogP contribution is -2.45. The molecule has 1 rings (SSSR count). The number of nitrogens with zero attached hydrogens (tertiary/aromatic N) is 1. The summed E-state index contributed by atoms with van der Waals surface area (Å²) in [6, 6.07) is 1.57. The quantitative estimate of drug-likeness (QED) is 0.863. The fourth-order valence-corrected chi connectivity index (χ4v) is 1.94. The number of carbonyl (C=O) groups is 2. The average molecular weight is 273 g/mol. The van der Waals surface area contributed by atoms with Crippen molar-refractivity contribution in [3.05, 3.63) is 23.0 Å². The van der Waals surface area contributed by atoms with Crippen molar-refractivity contribution in [3.8, 4) is 0 Å². The van der Waals surface area contributed by atoms with Crippen LogP contribution in [-0.2, 0) is 11.3 Å². The van der Waals surface area contributed by atoms with E-state index in [2.05, 4.69) is 5.32 Å². The van der Waals surface area contributed by atoms with Crippen LogP contribution in [0.2, 0.25) is 5.02 Å². The summed E-state index contributed by atoms with van der Waals surface area (Å²) >= 11 is 5.85. The van der Waals surface area contributed by atoms with Crippen LogP contribution in [-0.4, -0.2) is 27.1 Å². The Morgan fingerprint density at radius 2 is 2.11 bits per heavy atom. The summed E-state index contributed by atoms with van der Waals surface area (Å²) in [5, 5.41) is 11.9. The van der Waals surface area contributed by atoms with Crippen molar-refractivity contribution >= 4 is 23.5 Å². The van der Waals surface area contributed by atoms with E-state index in [0.717, 1.165) is 0 Å². The summed E-state index contributed by atoms with van der Waals surface area (Å²) in [5.41, 5.74) is -0.376. The van der Waals surface area contributed by atoms with Gasteiger partial charge in [-0.05, 0) is 26.8 Å². The van der Waals surface area contributed by atoms with Crippen LogP contribution in [0.15, 0.2) is 12.3 Å². The number of aromatic nitrogens is 1. The molecule has 0 unspecified atom stereocenters. The first-order valence-corrected chi connectivity index (χ1v) is 6.03.